The number of benzene rings is 1. The van der Waals surface area contributed by atoms with Crippen LogP contribution >= 0.6 is 0 Å². The third-order valence-electron chi connectivity index (χ3n) is 4.56. The van der Waals surface area contributed by atoms with Crippen LogP contribution in [-0.4, -0.2) is 34.4 Å². The summed E-state index contributed by atoms with van der Waals surface area (Å²) in [5.41, 5.74) is 5.92. The number of aryl methyl sites for hydroxylation is 1. The lowest BCUT2D eigenvalue weighted by molar-refractivity contribution is -0.136. The maximum Gasteiger partial charge on any atom is 0.343 e. The molecule has 1 unspecified atom stereocenters. The van der Waals surface area contributed by atoms with Crippen LogP contribution in [0.1, 0.15) is 22.8 Å². The maximum atomic E-state index is 12.7. The predicted molar refractivity (Wildman–Crippen MR) is 102 cm³/mol. The highest BCUT2D eigenvalue weighted by molar-refractivity contribution is 5.92. The number of rotatable bonds is 5. The quantitative estimate of drug-likeness (QED) is 0.746. The molecule has 0 radical (unpaired) electrons. The molecule has 0 fully saturated rings. The Balaban J connectivity index is 2.36. The summed E-state index contributed by atoms with van der Waals surface area (Å²) in [6.45, 7) is 1.61. The first-order chi connectivity index (χ1) is 13.9. The van der Waals surface area contributed by atoms with Gasteiger partial charge in [0.2, 0.25) is 11.6 Å². The molecule has 1 aromatic heterocycles. The van der Waals surface area contributed by atoms with Crippen molar-refractivity contribution in [1.82, 2.24) is 0 Å². The second kappa shape index (κ2) is 7.78. The molecule has 2 aromatic rings. The third kappa shape index (κ3) is 3.35. The first-order valence-corrected chi connectivity index (χ1v) is 8.56. The van der Waals surface area contributed by atoms with Crippen LogP contribution in [0.3, 0.4) is 0 Å². The van der Waals surface area contributed by atoms with Crippen LogP contribution in [-0.2, 0) is 9.53 Å². The second-order valence-corrected chi connectivity index (χ2v) is 6.19. The first-order valence-electron chi connectivity index (χ1n) is 8.56. The Bertz CT molecular complexity index is 1030. The lowest BCUT2D eigenvalue weighted by Gasteiger charge is -2.28. The van der Waals surface area contributed by atoms with E-state index in [0.29, 0.717) is 28.6 Å². The van der Waals surface area contributed by atoms with Gasteiger partial charge in [-0.15, -0.1) is 0 Å². The molecular formula is C20H21NO8. The van der Waals surface area contributed by atoms with E-state index in [-0.39, 0.29) is 22.8 Å². The Morgan fingerprint density at radius 1 is 1.03 bits per heavy atom. The number of esters is 1. The summed E-state index contributed by atoms with van der Waals surface area (Å²) in [4.78, 5) is 25.2. The van der Waals surface area contributed by atoms with Crippen molar-refractivity contribution in [3.05, 3.63) is 57.0 Å². The lowest BCUT2D eigenvalue weighted by Crippen LogP contribution is -2.30. The summed E-state index contributed by atoms with van der Waals surface area (Å²) in [5, 5.41) is 0. The summed E-state index contributed by atoms with van der Waals surface area (Å²) >= 11 is 0. The van der Waals surface area contributed by atoms with Crippen LogP contribution in [0.2, 0.25) is 0 Å². The van der Waals surface area contributed by atoms with Crippen LogP contribution in [0.4, 0.5) is 0 Å². The van der Waals surface area contributed by atoms with Crippen LogP contribution in [0.15, 0.2) is 38.9 Å². The van der Waals surface area contributed by atoms with Gasteiger partial charge in [-0.1, -0.05) is 0 Å². The summed E-state index contributed by atoms with van der Waals surface area (Å²) in [7, 11) is 5.60. The van der Waals surface area contributed by atoms with Gasteiger partial charge in [0.1, 0.15) is 17.1 Å². The Kier molecular flexibility index (Phi) is 5.40. The second-order valence-electron chi connectivity index (χ2n) is 6.19. The van der Waals surface area contributed by atoms with Gasteiger partial charge >= 0.3 is 11.6 Å². The van der Waals surface area contributed by atoms with Gasteiger partial charge in [-0.3, -0.25) is 0 Å². The van der Waals surface area contributed by atoms with E-state index in [0.717, 1.165) is 0 Å². The minimum atomic E-state index is -0.934. The summed E-state index contributed by atoms with van der Waals surface area (Å²) < 4.78 is 31.8. The molecule has 3 rings (SSSR count). The van der Waals surface area contributed by atoms with Crippen LogP contribution in [0, 0.1) is 6.92 Å². The molecule has 0 saturated carbocycles. The largest absolute Gasteiger partial charge is 0.493 e. The molecule has 9 heteroatoms. The molecule has 2 heterocycles. The fourth-order valence-electron chi connectivity index (χ4n) is 3.33. The third-order valence-corrected chi connectivity index (χ3v) is 4.56. The molecular weight excluding hydrogens is 382 g/mol. The molecule has 154 valence electrons. The highest BCUT2D eigenvalue weighted by atomic mass is 16.5. The number of hydrogen-bond acceptors (Lipinski definition) is 9. The Hall–Kier alpha value is -3.62. The SMILES string of the molecule is COC(=O)C1=C(N)Oc2cc(C)oc(=O)c2C1c1cc(OC)c(OC)c(OC)c1. The standard InChI is InChI=1S/C20H21NO8/c1-9-6-11-15(20(23)28-9)14(16(18(21)29-11)19(22)27-5)10-7-12(24-2)17(26-4)13(8-10)25-3/h6-8,14H,21H2,1-5H3. The van der Waals surface area contributed by atoms with Gasteiger partial charge in [0.05, 0.1) is 39.9 Å². The van der Waals surface area contributed by atoms with Gasteiger partial charge in [0.25, 0.3) is 0 Å². The molecule has 0 saturated heterocycles. The van der Waals surface area contributed by atoms with Gasteiger partial charge in [-0.25, -0.2) is 9.59 Å². The van der Waals surface area contributed by atoms with Gasteiger partial charge < -0.3 is 33.8 Å². The van der Waals surface area contributed by atoms with Gasteiger partial charge in [0, 0.05) is 6.07 Å². The average Bonchev–Trinajstić information content (AvgIpc) is 2.70. The zero-order chi connectivity index (χ0) is 21.3. The van der Waals surface area contributed by atoms with E-state index in [9.17, 15) is 9.59 Å². The van der Waals surface area contributed by atoms with E-state index in [1.165, 1.54) is 34.5 Å². The molecule has 0 spiro atoms. The molecule has 0 aliphatic carbocycles. The van der Waals surface area contributed by atoms with Crippen molar-refractivity contribution >= 4 is 5.97 Å². The molecule has 1 aromatic carbocycles. The normalized spacial score (nSPS) is 15.3. The molecule has 0 amide bonds. The van der Waals surface area contributed by atoms with Crippen LogP contribution in [0.5, 0.6) is 23.0 Å². The smallest absolute Gasteiger partial charge is 0.343 e. The van der Waals surface area contributed by atoms with Crippen molar-refractivity contribution in [2.75, 3.05) is 28.4 Å². The molecule has 1 atom stereocenters. The van der Waals surface area contributed by atoms with Crippen molar-refractivity contribution in [2.45, 2.75) is 12.8 Å². The van der Waals surface area contributed by atoms with Crippen molar-refractivity contribution in [2.24, 2.45) is 5.73 Å². The topological polar surface area (TPSA) is 119 Å². The molecule has 9 nitrogen and oxygen atoms in total. The molecule has 1 aliphatic heterocycles. The van der Waals surface area contributed by atoms with E-state index in [1.54, 1.807) is 19.1 Å². The summed E-state index contributed by atoms with van der Waals surface area (Å²) in [5.74, 6) is -0.270. The number of nitrogens with two attached hydrogens (primary N) is 1. The van der Waals surface area contributed by atoms with E-state index in [2.05, 4.69) is 0 Å². The molecule has 0 bridgehead atoms. The van der Waals surface area contributed by atoms with Gasteiger partial charge in [-0.2, -0.15) is 0 Å². The van der Waals surface area contributed by atoms with Gasteiger partial charge in [-0.05, 0) is 24.6 Å². The first kappa shape index (κ1) is 20.1. The average molecular weight is 403 g/mol. The van der Waals surface area contributed by atoms with E-state index < -0.39 is 17.5 Å². The zero-order valence-corrected chi connectivity index (χ0v) is 16.7. The molecule has 1 aliphatic rings. The minimum Gasteiger partial charge on any atom is -0.493 e. The lowest BCUT2D eigenvalue weighted by atomic mass is 9.83. The maximum absolute atomic E-state index is 12.7. The monoisotopic (exact) mass is 403 g/mol. The van der Waals surface area contributed by atoms with Crippen molar-refractivity contribution in [3.8, 4) is 23.0 Å². The molecule has 29 heavy (non-hydrogen) atoms. The number of fused-ring (bicyclic) bond motifs is 1. The zero-order valence-electron chi connectivity index (χ0n) is 16.7. The number of methoxy groups -OCH3 is 4. The highest BCUT2D eigenvalue weighted by Gasteiger charge is 2.39. The Morgan fingerprint density at radius 3 is 2.17 bits per heavy atom. The van der Waals surface area contributed by atoms with E-state index in [4.69, 9.17) is 33.8 Å². The number of ether oxygens (including phenoxy) is 5. The van der Waals surface area contributed by atoms with E-state index >= 15 is 0 Å². The summed E-state index contributed by atoms with van der Waals surface area (Å²) in [6, 6.07) is 4.77. The van der Waals surface area contributed by atoms with Crippen LogP contribution in [0.25, 0.3) is 0 Å². The highest BCUT2D eigenvalue weighted by Crippen LogP contribution is 2.46. The number of carbonyl (C=O) groups is 1. The summed E-state index contributed by atoms with van der Waals surface area (Å²) in [6.07, 6.45) is 0. The molecule has 2 N–H and O–H groups in total. The fraction of sp³-hybridized carbons (Fsp3) is 0.300. The van der Waals surface area contributed by atoms with Crippen molar-refractivity contribution < 1.29 is 32.9 Å². The van der Waals surface area contributed by atoms with E-state index in [1.807, 2.05) is 0 Å². The number of carbonyl (C=O) groups excluding carboxylic acids is 1. The van der Waals surface area contributed by atoms with Crippen molar-refractivity contribution in [1.29, 1.82) is 0 Å². The van der Waals surface area contributed by atoms with Crippen LogP contribution < -0.4 is 30.3 Å². The Morgan fingerprint density at radius 2 is 1.66 bits per heavy atom. The Labute approximate surface area is 166 Å². The predicted octanol–water partition coefficient (Wildman–Crippen LogP) is 1.84. The van der Waals surface area contributed by atoms with Gasteiger partial charge in [0.15, 0.2) is 11.5 Å². The minimum absolute atomic E-state index is 0.0366. The fourth-order valence-corrected chi connectivity index (χ4v) is 3.33. The number of hydrogen-bond donors (Lipinski definition) is 1. The van der Waals surface area contributed by atoms with Crippen molar-refractivity contribution in [3.63, 3.8) is 0 Å².